The minimum atomic E-state index is -0.164. The van der Waals surface area contributed by atoms with Gasteiger partial charge in [0.2, 0.25) is 0 Å². The van der Waals surface area contributed by atoms with Crippen LogP contribution < -0.4 is 5.32 Å². The van der Waals surface area contributed by atoms with E-state index < -0.39 is 0 Å². The Morgan fingerprint density at radius 1 is 1.43 bits per heavy atom. The lowest BCUT2D eigenvalue weighted by Gasteiger charge is -2.30. The molecule has 0 aromatic carbocycles. The molecule has 1 aliphatic carbocycles. The second-order valence-corrected chi connectivity index (χ2v) is 5.54. The number of amides is 1. The van der Waals surface area contributed by atoms with Gasteiger partial charge in [-0.05, 0) is 19.8 Å². The molecule has 0 bridgehead atoms. The van der Waals surface area contributed by atoms with Gasteiger partial charge in [0.25, 0.3) is 11.7 Å². The second-order valence-electron chi connectivity index (χ2n) is 5.54. The summed E-state index contributed by atoms with van der Waals surface area (Å²) in [5, 5.41) is 16.5. The van der Waals surface area contributed by atoms with Gasteiger partial charge in [-0.3, -0.25) is 4.79 Å². The molecule has 0 radical (unpaired) electrons. The molecule has 2 unspecified atom stereocenters. The molecule has 1 aliphatic rings. The maximum atomic E-state index is 12.5. The van der Waals surface area contributed by atoms with Crippen LogP contribution in [0.5, 0.6) is 0 Å². The third-order valence-electron chi connectivity index (χ3n) is 4.25. The zero-order valence-corrected chi connectivity index (χ0v) is 12.0. The van der Waals surface area contributed by atoms with Gasteiger partial charge >= 0.3 is 0 Å². The van der Waals surface area contributed by atoms with Crippen LogP contribution in [0.3, 0.4) is 0 Å². The third-order valence-corrected chi connectivity index (χ3v) is 4.25. The van der Waals surface area contributed by atoms with Crippen LogP contribution in [0.4, 0.5) is 0 Å². The summed E-state index contributed by atoms with van der Waals surface area (Å²) in [6.45, 7) is 1.94. The average molecular weight is 289 g/mol. The highest BCUT2D eigenvalue weighted by atomic mass is 16.3. The molecule has 21 heavy (non-hydrogen) atoms. The number of aryl methyl sites for hydroxylation is 1. The van der Waals surface area contributed by atoms with E-state index in [1.54, 1.807) is 4.52 Å². The maximum absolute atomic E-state index is 12.5. The summed E-state index contributed by atoms with van der Waals surface area (Å²) in [4.78, 5) is 20.6. The molecule has 2 atom stereocenters. The Kier molecular flexibility index (Phi) is 3.83. The number of carbonyl (C=O) groups is 1. The van der Waals surface area contributed by atoms with Crippen LogP contribution >= 0.6 is 0 Å². The minimum Gasteiger partial charge on any atom is -0.396 e. The number of aromatic nitrogens is 4. The Morgan fingerprint density at radius 3 is 3.05 bits per heavy atom. The zero-order chi connectivity index (χ0) is 14.8. The van der Waals surface area contributed by atoms with Gasteiger partial charge in [0.05, 0.1) is 11.3 Å². The molecule has 1 saturated carbocycles. The van der Waals surface area contributed by atoms with Crippen molar-refractivity contribution in [1.29, 1.82) is 0 Å². The van der Waals surface area contributed by atoms with Crippen LogP contribution in [-0.2, 0) is 0 Å². The third kappa shape index (κ3) is 2.61. The molecule has 1 amide bonds. The quantitative estimate of drug-likeness (QED) is 0.868. The van der Waals surface area contributed by atoms with Gasteiger partial charge < -0.3 is 10.4 Å². The summed E-state index contributed by atoms with van der Waals surface area (Å²) in [5.74, 6) is 0.462. The SMILES string of the molecule is Cc1c(C(=O)NC2CCCCC2CO)cnc2ncnn12. The Labute approximate surface area is 122 Å². The van der Waals surface area contributed by atoms with E-state index in [4.69, 9.17) is 0 Å². The fraction of sp³-hybridized carbons (Fsp3) is 0.571. The predicted octanol–water partition coefficient (Wildman–Crippen LogP) is 0.714. The molecule has 1 fully saturated rings. The molecule has 2 heterocycles. The van der Waals surface area contributed by atoms with Crippen LogP contribution in [0, 0.1) is 12.8 Å². The van der Waals surface area contributed by atoms with Gasteiger partial charge in [-0.25, -0.2) is 9.50 Å². The summed E-state index contributed by atoms with van der Waals surface area (Å²) >= 11 is 0. The van der Waals surface area contributed by atoms with E-state index in [2.05, 4.69) is 20.4 Å². The molecule has 0 saturated heterocycles. The lowest BCUT2D eigenvalue weighted by atomic mass is 9.85. The molecule has 2 aromatic heterocycles. The van der Waals surface area contributed by atoms with Crippen molar-refractivity contribution in [3.05, 3.63) is 23.8 Å². The zero-order valence-electron chi connectivity index (χ0n) is 12.0. The summed E-state index contributed by atoms with van der Waals surface area (Å²) in [5.41, 5.74) is 1.21. The van der Waals surface area contributed by atoms with E-state index in [0.29, 0.717) is 17.0 Å². The summed E-state index contributed by atoms with van der Waals surface area (Å²) < 4.78 is 1.55. The van der Waals surface area contributed by atoms with Crippen LogP contribution in [0.15, 0.2) is 12.5 Å². The first-order valence-corrected chi connectivity index (χ1v) is 7.27. The number of nitrogens with one attached hydrogen (secondary N) is 1. The van der Waals surface area contributed by atoms with E-state index in [1.165, 1.54) is 12.5 Å². The highest BCUT2D eigenvalue weighted by molar-refractivity contribution is 5.95. The summed E-state index contributed by atoms with van der Waals surface area (Å²) in [7, 11) is 0. The van der Waals surface area contributed by atoms with Crippen molar-refractivity contribution in [2.45, 2.75) is 38.6 Å². The fourth-order valence-corrected chi connectivity index (χ4v) is 2.98. The van der Waals surface area contributed by atoms with Gasteiger partial charge in [0.15, 0.2) is 0 Å². The van der Waals surface area contributed by atoms with Crippen molar-refractivity contribution in [2.24, 2.45) is 5.92 Å². The van der Waals surface area contributed by atoms with Crippen molar-refractivity contribution < 1.29 is 9.90 Å². The molecule has 0 aliphatic heterocycles. The lowest BCUT2D eigenvalue weighted by molar-refractivity contribution is 0.0871. The van der Waals surface area contributed by atoms with Gasteiger partial charge in [-0.15, -0.1) is 0 Å². The van der Waals surface area contributed by atoms with E-state index >= 15 is 0 Å². The highest BCUT2D eigenvalue weighted by Crippen LogP contribution is 2.24. The number of nitrogens with zero attached hydrogens (tertiary/aromatic N) is 4. The number of aliphatic hydroxyl groups excluding tert-OH is 1. The predicted molar refractivity (Wildman–Crippen MR) is 75.8 cm³/mol. The molecule has 2 N–H and O–H groups in total. The number of aliphatic hydroxyl groups is 1. The van der Waals surface area contributed by atoms with E-state index in [0.717, 1.165) is 25.7 Å². The van der Waals surface area contributed by atoms with Gasteiger partial charge in [-0.2, -0.15) is 10.1 Å². The molecule has 2 aromatic rings. The first kappa shape index (κ1) is 13.9. The average Bonchev–Trinajstić information content (AvgIpc) is 2.97. The summed E-state index contributed by atoms with van der Waals surface area (Å²) in [6.07, 6.45) is 7.02. The van der Waals surface area contributed by atoms with Crippen LogP contribution in [0.1, 0.15) is 41.7 Å². The minimum absolute atomic E-state index is 0.0297. The monoisotopic (exact) mass is 289 g/mol. The van der Waals surface area contributed by atoms with Crippen LogP contribution in [0.2, 0.25) is 0 Å². The smallest absolute Gasteiger partial charge is 0.254 e. The number of fused-ring (bicyclic) bond motifs is 1. The molecule has 0 spiro atoms. The molecular formula is C14H19N5O2. The normalized spacial score (nSPS) is 22.4. The largest absolute Gasteiger partial charge is 0.396 e. The van der Waals surface area contributed by atoms with Gasteiger partial charge in [0, 0.05) is 24.8 Å². The fourth-order valence-electron chi connectivity index (χ4n) is 2.98. The van der Waals surface area contributed by atoms with Crippen LogP contribution in [-0.4, -0.2) is 43.2 Å². The molecule has 3 rings (SSSR count). The van der Waals surface area contributed by atoms with Crippen molar-refractivity contribution >= 4 is 11.7 Å². The first-order valence-electron chi connectivity index (χ1n) is 7.27. The standard InChI is InChI=1S/C14H19N5O2/c1-9-11(6-15-14-16-8-17-19(9)14)13(21)18-12-5-3-2-4-10(12)7-20/h6,8,10,12,20H,2-5,7H2,1H3,(H,18,21). The highest BCUT2D eigenvalue weighted by Gasteiger charge is 2.27. The molecular weight excluding hydrogens is 270 g/mol. The van der Waals surface area contributed by atoms with E-state index in [-0.39, 0.29) is 24.5 Å². The number of hydrogen-bond acceptors (Lipinski definition) is 5. The Balaban J connectivity index is 1.81. The molecule has 7 heteroatoms. The molecule has 112 valence electrons. The van der Waals surface area contributed by atoms with E-state index in [1.807, 2.05) is 6.92 Å². The Hall–Kier alpha value is -2.02. The van der Waals surface area contributed by atoms with E-state index in [9.17, 15) is 9.90 Å². The topological polar surface area (TPSA) is 92.4 Å². The number of carbonyl (C=O) groups excluding carboxylic acids is 1. The van der Waals surface area contributed by atoms with Crippen LogP contribution in [0.25, 0.3) is 5.78 Å². The Bertz CT molecular complexity index is 654. The van der Waals surface area contributed by atoms with Crippen molar-refractivity contribution in [3.63, 3.8) is 0 Å². The first-order chi connectivity index (χ1) is 10.2. The maximum Gasteiger partial charge on any atom is 0.254 e. The van der Waals surface area contributed by atoms with Gasteiger partial charge in [0.1, 0.15) is 6.33 Å². The number of hydrogen-bond donors (Lipinski definition) is 2. The number of rotatable bonds is 3. The van der Waals surface area contributed by atoms with Crippen molar-refractivity contribution in [2.75, 3.05) is 6.61 Å². The van der Waals surface area contributed by atoms with Gasteiger partial charge in [-0.1, -0.05) is 12.8 Å². The second kappa shape index (κ2) is 5.77. The molecule has 7 nitrogen and oxygen atoms in total. The Morgan fingerprint density at radius 2 is 2.24 bits per heavy atom. The lowest BCUT2D eigenvalue weighted by Crippen LogP contribution is -2.43. The van der Waals surface area contributed by atoms with Crippen molar-refractivity contribution in [3.8, 4) is 0 Å². The van der Waals surface area contributed by atoms with Crippen molar-refractivity contribution in [1.82, 2.24) is 24.9 Å². The summed E-state index contributed by atoms with van der Waals surface area (Å²) in [6, 6.07) is 0.0297.